The van der Waals surface area contributed by atoms with E-state index in [0.29, 0.717) is 32.6 Å². The van der Waals surface area contributed by atoms with Crippen LogP contribution in [0, 0.1) is 0 Å². The molecule has 3 rings (SSSR count). The van der Waals surface area contributed by atoms with Gasteiger partial charge in [0.15, 0.2) is 0 Å². The molecule has 0 saturated carbocycles. The van der Waals surface area contributed by atoms with Gasteiger partial charge in [0.05, 0.1) is 0 Å². The summed E-state index contributed by atoms with van der Waals surface area (Å²) in [6, 6.07) is 9.90. The van der Waals surface area contributed by atoms with Crippen molar-refractivity contribution < 1.29 is 13.2 Å². The summed E-state index contributed by atoms with van der Waals surface area (Å²) >= 11 is 0.877. The first kappa shape index (κ1) is 17.8. The fourth-order valence-electron chi connectivity index (χ4n) is 2.51. The summed E-state index contributed by atoms with van der Waals surface area (Å²) in [5.41, 5.74) is 1.08. The molecule has 1 fully saturated rings. The highest BCUT2D eigenvalue weighted by molar-refractivity contribution is 7.91. The van der Waals surface area contributed by atoms with Gasteiger partial charge in [-0.1, -0.05) is 36.5 Å². The van der Waals surface area contributed by atoms with E-state index in [1.807, 2.05) is 30.3 Å². The van der Waals surface area contributed by atoms with Gasteiger partial charge in [0, 0.05) is 38.3 Å². The molecule has 10 heteroatoms. The molecule has 0 unspecified atom stereocenters. The van der Waals surface area contributed by atoms with E-state index in [2.05, 4.69) is 20.4 Å². The van der Waals surface area contributed by atoms with E-state index in [-0.39, 0.29) is 15.4 Å². The van der Waals surface area contributed by atoms with Crippen molar-refractivity contribution in [3.63, 3.8) is 0 Å². The highest BCUT2D eigenvalue weighted by Crippen LogP contribution is 2.25. The Kier molecular flexibility index (Phi) is 5.30. The summed E-state index contributed by atoms with van der Waals surface area (Å²) in [6.07, 6.45) is 0.295. The van der Waals surface area contributed by atoms with E-state index in [9.17, 15) is 13.2 Å². The van der Waals surface area contributed by atoms with E-state index in [0.717, 1.165) is 17.0 Å². The Morgan fingerprint density at radius 3 is 2.48 bits per heavy atom. The lowest BCUT2D eigenvalue weighted by Gasteiger charge is -2.34. The lowest BCUT2D eigenvalue weighted by Crippen LogP contribution is -2.48. The number of amides is 1. The smallest absolute Gasteiger partial charge is 0.272 e. The summed E-state index contributed by atoms with van der Waals surface area (Å²) in [5.74, 6) is -0.225. The average molecular weight is 381 g/mol. The van der Waals surface area contributed by atoms with Crippen LogP contribution in [0.25, 0.3) is 0 Å². The van der Waals surface area contributed by atoms with Crippen molar-refractivity contribution in [2.45, 2.75) is 17.7 Å². The summed E-state index contributed by atoms with van der Waals surface area (Å²) < 4.78 is 26.7. The predicted molar refractivity (Wildman–Crippen MR) is 96.2 cm³/mol. The maximum Gasteiger partial charge on any atom is 0.272 e. The number of hydrogen-bond acceptors (Lipinski definition) is 7. The molecule has 2 heterocycles. The van der Waals surface area contributed by atoms with Gasteiger partial charge in [0.25, 0.3) is 10.0 Å². The molecule has 1 saturated heterocycles. The van der Waals surface area contributed by atoms with Gasteiger partial charge in [-0.05, 0) is 12.1 Å². The first-order chi connectivity index (χ1) is 12.0. The van der Waals surface area contributed by atoms with Gasteiger partial charge in [-0.3, -0.25) is 4.79 Å². The predicted octanol–water partition coefficient (Wildman–Crippen LogP) is 1.40. The fraction of sp³-hybridized carbons (Fsp3) is 0.400. The molecule has 0 radical (unpaired) electrons. The number of benzene rings is 1. The molecular formula is C15H19N5O3S2. The van der Waals surface area contributed by atoms with Crippen LogP contribution in [0.2, 0.25) is 0 Å². The normalized spacial score (nSPS) is 16.0. The third-order valence-electron chi connectivity index (χ3n) is 3.89. The summed E-state index contributed by atoms with van der Waals surface area (Å²) in [5, 5.41) is 10.2. The third kappa shape index (κ3) is 3.97. The second-order valence-corrected chi connectivity index (χ2v) is 8.59. The third-order valence-corrected chi connectivity index (χ3v) is 6.98. The minimum Gasteiger partial charge on any atom is -0.369 e. The van der Waals surface area contributed by atoms with Crippen molar-refractivity contribution in [1.82, 2.24) is 14.5 Å². The minimum atomic E-state index is -3.69. The number of nitrogens with zero attached hydrogens (tertiary/aromatic N) is 4. The molecule has 1 aromatic heterocycles. The van der Waals surface area contributed by atoms with Gasteiger partial charge >= 0.3 is 0 Å². The number of piperazine rings is 1. The van der Waals surface area contributed by atoms with Crippen LogP contribution in [-0.4, -0.2) is 55.0 Å². The highest BCUT2D eigenvalue weighted by atomic mass is 32.2. The minimum absolute atomic E-state index is 0.0907. The lowest BCUT2D eigenvalue weighted by molar-refractivity contribution is -0.115. The van der Waals surface area contributed by atoms with Crippen molar-refractivity contribution in [1.29, 1.82) is 0 Å². The quantitative estimate of drug-likeness (QED) is 0.787. The number of para-hydroxylation sites is 1. The van der Waals surface area contributed by atoms with Crippen LogP contribution in [0.4, 0.5) is 10.8 Å². The second-order valence-electron chi connectivity index (χ2n) is 5.50. The molecule has 0 spiro atoms. The zero-order valence-electron chi connectivity index (χ0n) is 13.8. The number of carbonyl (C=O) groups excluding carboxylic acids is 1. The standard InChI is InChI=1S/C15H19N5O3S2/c1-2-13(21)16-14-17-18-15(24-14)25(22,23)20-10-8-19(9-11-20)12-6-4-3-5-7-12/h3-7H,2,8-11H2,1H3,(H,16,17,21). The molecule has 1 aromatic carbocycles. The molecule has 0 aliphatic carbocycles. The van der Waals surface area contributed by atoms with Gasteiger partial charge in [-0.2, -0.15) is 4.31 Å². The van der Waals surface area contributed by atoms with E-state index in [1.165, 1.54) is 4.31 Å². The fourth-order valence-corrected chi connectivity index (χ4v) is 4.98. The number of aromatic nitrogens is 2. The van der Waals surface area contributed by atoms with E-state index >= 15 is 0 Å². The zero-order valence-corrected chi connectivity index (χ0v) is 15.4. The summed E-state index contributed by atoms with van der Waals surface area (Å²) in [6.45, 7) is 3.70. The first-order valence-electron chi connectivity index (χ1n) is 7.94. The van der Waals surface area contributed by atoms with Crippen LogP contribution in [0.1, 0.15) is 13.3 Å². The van der Waals surface area contributed by atoms with Gasteiger partial charge in [0.2, 0.25) is 15.4 Å². The van der Waals surface area contributed by atoms with Gasteiger partial charge in [-0.25, -0.2) is 8.42 Å². The van der Waals surface area contributed by atoms with E-state index in [4.69, 9.17) is 0 Å². The van der Waals surface area contributed by atoms with Crippen molar-refractivity contribution in [2.24, 2.45) is 0 Å². The molecule has 8 nitrogen and oxygen atoms in total. The van der Waals surface area contributed by atoms with E-state index < -0.39 is 10.0 Å². The molecule has 2 aromatic rings. The monoisotopic (exact) mass is 381 g/mol. The van der Waals surface area contributed by atoms with Gasteiger partial charge in [0.1, 0.15) is 0 Å². The maximum absolute atomic E-state index is 12.7. The van der Waals surface area contributed by atoms with Gasteiger partial charge < -0.3 is 10.2 Å². The first-order valence-corrected chi connectivity index (χ1v) is 10.2. The highest BCUT2D eigenvalue weighted by Gasteiger charge is 2.31. The Bertz CT molecular complexity index is 830. The number of hydrogen-bond donors (Lipinski definition) is 1. The number of rotatable bonds is 5. The average Bonchev–Trinajstić information content (AvgIpc) is 3.12. The van der Waals surface area contributed by atoms with E-state index in [1.54, 1.807) is 6.92 Å². The molecular weight excluding hydrogens is 362 g/mol. The number of anilines is 2. The number of sulfonamides is 1. The van der Waals surface area contributed by atoms with Crippen LogP contribution >= 0.6 is 11.3 Å². The van der Waals surface area contributed by atoms with Crippen molar-refractivity contribution >= 4 is 38.1 Å². The molecule has 1 aliphatic rings. The maximum atomic E-state index is 12.7. The number of carbonyl (C=O) groups is 1. The SMILES string of the molecule is CCC(=O)Nc1nnc(S(=O)(=O)N2CCN(c3ccccc3)CC2)s1. The zero-order chi connectivity index (χ0) is 17.9. The summed E-state index contributed by atoms with van der Waals surface area (Å²) in [7, 11) is -3.69. The lowest BCUT2D eigenvalue weighted by atomic mass is 10.2. The molecule has 134 valence electrons. The molecule has 0 bridgehead atoms. The Morgan fingerprint density at radius 1 is 1.16 bits per heavy atom. The molecule has 1 N–H and O–H groups in total. The van der Waals surface area contributed by atoms with Crippen molar-refractivity contribution in [3.05, 3.63) is 30.3 Å². The van der Waals surface area contributed by atoms with Crippen molar-refractivity contribution in [2.75, 3.05) is 36.4 Å². The Hall–Kier alpha value is -2.04. The Balaban J connectivity index is 1.67. The Morgan fingerprint density at radius 2 is 1.84 bits per heavy atom. The van der Waals surface area contributed by atoms with Crippen molar-refractivity contribution in [3.8, 4) is 0 Å². The largest absolute Gasteiger partial charge is 0.369 e. The van der Waals surface area contributed by atoms with Gasteiger partial charge in [-0.15, -0.1) is 10.2 Å². The second kappa shape index (κ2) is 7.46. The topological polar surface area (TPSA) is 95.5 Å². The molecule has 1 aliphatic heterocycles. The van der Waals surface area contributed by atoms with Crippen LogP contribution in [0.5, 0.6) is 0 Å². The Labute approximate surface area is 150 Å². The summed E-state index contributed by atoms with van der Waals surface area (Å²) in [4.78, 5) is 13.5. The molecule has 1 amide bonds. The molecule has 0 atom stereocenters. The molecule has 25 heavy (non-hydrogen) atoms. The van der Waals surface area contributed by atoms with Crippen LogP contribution in [-0.2, 0) is 14.8 Å². The number of nitrogens with one attached hydrogen (secondary N) is 1. The van der Waals surface area contributed by atoms with Crippen LogP contribution in [0.15, 0.2) is 34.7 Å². The van der Waals surface area contributed by atoms with Crippen LogP contribution in [0.3, 0.4) is 0 Å². The van der Waals surface area contributed by atoms with Crippen LogP contribution < -0.4 is 10.2 Å².